The van der Waals surface area contributed by atoms with Crippen LogP contribution in [0.1, 0.15) is 11.1 Å². The molecule has 0 aliphatic carbocycles. The largest absolute Gasteiger partial charge is 0.383 e. The first-order chi connectivity index (χ1) is 8.74. The molecule has 0 spiro atoms. The van der Waals surface area contributed by atoms with E-state index in [-0.39, 0.29) is 18.3 Å². The van der Waals surface area contributed by atoms with Crippen LogP contribution in [0.25, 0.3) is 0 Å². The number of methoxy groups -OCH3 is 1. The van der Waals surface area contributed by atoms with E-state index in [1.165, 1.54) is 0 Å². The van der Waals surface area contributed by atoms with E-state index in [9.17, 15) is 4.79 Å². The van der Waals surface area contributed by atoms with Gasteiger partial charge in [-0.15, -0.1) is 12.4 Å². The number of hydrogen-bond donors (Lipinski definition) is 2. The van der Waals surface area contributed by atoms with Crippen molar-refractivity contribution in [2.24, 2.45) is 0 Å². The van der Waals surface area contributed by atoms with Gasteiger partial charge in [0.1, 0.15) is 0 Å². The van der Waals surface area contributed by atoms with Crippen molar-refractivity contribution in [2.75, 3.05) is 33.4 Å². The standard InChI is InChI=1S/C14H22N2O2.ClH/c1-12-5-3-4-6-13(12)11-14(17)16-8-7-15-9-10-18-2;/h3-6,15H,7-11H2,1-2H3,(H,16,17);1H. The molecule has 4 nitrogen and oxygen atoms in total. The molecule has 0 aromatic heterocycles. The lowest BCUT2D eigenvalue weighted by molar-refractivity contribution is -0.120. The fourth-order valence-corrected chi connectivity index (χ4v) is 1.63. The van der Waals surface area contributed by atoms with Gasteiger partial charge in [-0.1, -0.05) is 24.3 Å². The number of hydrogen-bond acceptors (Lipinski definition) is 3. The van der Waals surface area contributed by atoms with E-state index >= 15 is 0 Å². The van der Waals surface area contributed by atoms with Crippen LogP contribution in [0.15, 0.2) is 24.3 Å². The van der Waals surface area contributed by atoms with Gasteiger partial charge in [-0.25, -0.2) is 0 Å². The van der Waals surface area contributed by atoms with Gasteiger partial charge in [-0.3, -0.25) is 4.79 Å². The Kier molecular flexibility index (Phi) is 10.2. The molecule has 0 heterocycles. The Morgan fingerprint density at radius 3 is 2.63 bits per heavy atom. The Morgan fingerprint density at radius 1 is 1.21 bits per heavy atom. The molecule has 19 heavy (non-hydrogen) atoms. The minimum Gasteiger partial charge on any atom is -0.383 e. The summed E-state index contributed by atoms with van der Waals surface area (Å²) in [6, 6.07) is 7.96. The van der Waals surface area contributed by atoms with Crippen molar-refractivity contribution in [1.29, 1.82) is 0 Å². The van der Waals surface area contributed by atoms with E-state index in [1.54, 1.807) is 7.11 Å². The summed E-state index contributed by atoms with van der Waals surface area (Å²) >= 11 is 0. The van der Waals surface area contributed by atoms with Gasteiger partial charge in [0.05, 0.1) is 13.0 Å². The van der Waals surface area contributed by atoms with Crippen molar-refractivity contribution >= 4 is 18.3 Å². The molecule has 0 unspecified atom stereocenters. The van der Waals surface area contributed by atoms with Crippen LogP contribution in [0, 0.1) is 6.92 Å². The molecule has 0 aliphatic heterocycles. The zero-order valence-corrected chi connectivity index (χ0v) is 12.4. The zero-order valence-electron chi connectivity index (χ0n) is 11.6. The number of nitrogens with one attached hydrogen (secondary N) is 2. The summed E-state index contributed by atoms with van der Waals surface area (Å²) in [5, 5.41) is 6.07. The van der Waals surface area contributed by atoms with Gasteiger partial charge in [0.25, 0.3) is 0 Å². The van der Waals surface area contributed by atoms with E-state index in [0.29, 0.717) is 19.6 Å². The van der Waals surface area contributed by atoms with Crippen LogP contribution in [0.3, 0.4) is 0 Å². The van der Waals surface area contributed by atoms with Crippen LogP contribution in [0.4, 0.5) is 0 Å². The first kappa shape index (κ1) is 17.9. The fraction of sp³-hybridized carbons (Fsp3) is 0.500. The van der Waals surface area contributed by atoms with Crippen molar-refractivity contribution in [1.82, 2.24) is 10.6 Å². The second-order valence-electron chi connectivity index (χ2n) is 4.20. The molecule has 0 saturated heterocycles. The Morgan fingerprint density at radius 2 is 1.95 bits per heavy atom. The van der Waals surface area contributed by atoms with Gasteiger partial charge in [-0.05, 0) is 18.1 Å². The van der Waals surface area contributed by atoms with Crippen LogP contribution >= 0.6 is 12.4 Å². The van der Waals surface area contributed by atoms with Crippen molar-refractivity contribution in [3.05, 3.63) is 35.4 Å². The van der Waals surface area contributed by atoms with Crippen molar-refractivity contribution in [2.45, 2.75) is 13.3 Å². The molecule has 1 aromatic rings. The highest BCUT2D eigenvalue weighted by Gasteiger charge is 2.04. The quantitative estimate of drug-likeness (QED) is 0.709. The average molecular weight is 287 g/mol. The lowest BCUT2D eigenvalue weighted by atomic mass is 10.1. The topological polar surface area (TPSA) is 50.4 Å². The lowest BCUT2D eigenvalue weighted by Gasteiger charge is -2.08. The molecule has 1 rings (SSSR count). The molecule has 1 aromatic carbocycles. The zero-order chi connectivity index (χ0) is 13.2. The van der Waals surface area contributed by atoms with E-state index in [2.05, 4.69) is 10.6 Å². The van der Waals surface area contributed by atoms with E-state index in [1.807, 2.05) is 31.2 Å². The summed E-state index contributed by atoms with van der Waals surface area (Å²) in [5.74, 6) is 0.0674. The van der Waals surface area contributed by atoms with Crippen molar-refractivity contribution in [3.63, 3.8) is 0 Å². The molecule has 0 atom stereocenters. The third kappa shape index (κ3) is 7.82. The predicted octanol–water partition coefficient (Wildman–Crippen LogP) is 1.31. The third-order valence-electron chi connectivity index (χ3n) is 2.72. The molecule has 108 valence electrons. The molecule has 1 amide bonds. The molecule has 0 saturated carbocycles. The fourth-order valence-electron chi connectivity index (χ4n) is 1.63. The molecular weight excluding hydrogens is 264 g/mol. The lowest BCUT2D eigenvalue weighted by Crippen LogP contribution is -2.33. The second-order valence-corrected chi connectivity index (χ2v) is 4.20. The second kappa shape index (κ2) is 10.8. The van der Waals surface area contributed by atoms with E-state index < -0.39 is 0 Å². The highest BCUT2D eigenvalue weighted by Crippen LogP contribution is 2.07. The molecule has 0 fully saturated rings. The summed E-state index contributed by atoms with van der Waals surface area (Å²) < 4.78 is 4.91. The molecule has 0 radical (unpaired) electrons. The number of carbonyl (C=O) groups excluding carboxylic acids is 1. The normalized spacial score (nSPS) is 9.79. The van der Waals surface area contributed by atoms with Crippen LogP contribution in [-0.2, 0) is 16.0 Å². The molecule has 5 heteroatoms. The smallest absolute Gasteiger partial charge is 0.224 e. The Bertz CT molecular complexity index is 372. The maximum absolute atomic E-state index is 11.7. The highest BCUT2D eigenvalue weighted by molar-refractivity contribution is 5.85. The Hall–Kier alpha value is -1.10. The van der Waals surface area contributed by atoms with Crippen LogP contribution in [0.2, 0.25) is 0 Å². The minimum absolute atomic E-state index is 0. The van der Waals surface area contributed by atoms with Gasteiger partial charge in [0.15, 0.2) is 0 Å². The van der Waals surface area contributed by atoms with Crippen molar-refractivity contribution in [3.8, 4) is 0 Å². The number of amides is 1. The van der Waals surface area contributed by atoms with Crippen LogP contribution < -0.4 is 10.6 Å². The highest BCUT2D eigenvalue weighted by atomic mass is 35.5. The van der Waals surface area contributed by atoms with Gasteiger partial charge >= 0.3 is 0 Å². The van der Waals surface area contributed by atoms with E-state index in [4.69, 9.17) is 4.74 Å². The van der Waals surface area contributed by atoms with Crippen LogP contribution in [0.5, 0.6) is 0 Å². The molecular formula is C14H23ClN2O2. The predicted molar refractivity (Wildman–Crippen MR) is 79.9 cm³/mol. The number of ether oxygens (including phenoxy) is 1. The number of carbonyl (C=O) groups is 1. The number of aryl methyl sites for hydroxylation is 1. The number of rotatable bonds is 8. The third-order valence-corrected chi connectivity index (χ3v) is 2.72. The first-order valence-corrected chi connectivity index (χ1v) is 6.25. The van der Waals surface area contributed by atoms with Crippen LogP contribution in [-0.4, -0.2) is 39.3 Å². The summed E-state index contributed by atoms with van der Waals surface area (Å²) in [5.41, 5.74) is 2.24. The Labute approximate surface area is 121 Å². The van der Waals surface area contributed by atoms with Gasteiger partial charge in [-0.2, -0.15) is 0 Å². The number of halogens is 1. The first-order valence-electron chi connectivity index (χ1n) is 6.25. The molecule has 2 N–H and O–H groups in total. The Balaban J connectivity index is 0.00000324. The van der Waals surface area contributed by atoms with Gasteiger partial charge < -0.3 is 15.4 Å². The molecule has 0 bridgehead atoms. The van der Waals surface area contributed by atoms with Crippen molar-refractivity contribution < 1.29 is 9.53 Å². The summed E-state index contributed by atoms with van der Waals surface area (Å²) in [7, 11) is 1.67. The monoisotopic (exact) mass is 286 g/mol. The van der Waals surface area contributed by atoms with Gasteiger partial charge in [0.2, 0.25) is 5.91 Å². The summed E-state index contributed by atoms with van der Waals surface area (Å²) in [6.45, 7) is 4.94. The molecule has 0 aliphatic rings. The maximum atomic E-state index is 11.7. The summed E-state index contributed by atoms with van der Waals surface area (Å²) in [6.07, 6.45) is 0.449. The average Bonchev–Trinajstić information content (AvgIpc) is 2.36. The number of benzene rings is 1. The SMILES string of the molecule is COCCNCCNC(=O)Cc1ccccc1C.Cl. The maximum Gasteiger partial charge on any atom is 0.224 e. The van der Waals surface area contributed by atoms with Gasteiger partial charge in [0, 0.05) is 26.7 Å². The summed E-state index contributed by atoms with van der Waals surface area (Å²) in [4.78, 5) is 11.7. The van der Waals surface area contributed by atoms with E-state index in [0.717, 1.165) is 24.2 Å². The minimum atomic E-state index is 0.